The summed E-state index contributed by atoms with van der Waals surface area (Å²) < 4.78 is 32.2. The first-order valence-electron chi connectivity index (χ1n) is 4.83. The fourth-order valence-electron chi connectivity index (χ4n) is 1.58. The van der Waals surface area contributed by atoms with Gasteiger partial charge in [-0.05, 0) is 34.5 Å². The Morgan fingerprint density at radius 1 is 1.56 bits per heavy atom. The molecule has 1 aliphatic rings. The molecule has 1 fully saturated rings. The molecule has 0 spiro atoms. The smallest absolute Gasteiger partial charge is 0.252 e. The second kappa shape index (κ2) is 4.73. The fourth-order valence-corrected chi connectivity index (χ4v) is 5.15. The van der Waals surface area contributed by atoms with Gasteiger partial charge in [0.1, 0.15) is 4.21 Å². The van der Waals surface area contributed by atoms with E-state index in [9.17, 15) is 8.42 Å². The Balaban J connectivity index is 2.24. The molecule has 0 bridgehead atoms. The minimum atomic E-state index is -3.36. The van der Waals surface area contributed by atoms with Gasteiger partial charge in [-0.3, -0.25) is 0 Å². The van der Waals surface area contributed by atoms with Crippen LogP contribution < -0.4 is 0 Å². The molecule has 1 unspecified atom stereocenters. The molecule has 1 aromatic heterocycles. The first-order valence-corrected chi connectivity index (χ1v) is 7.88. The molecular formula is C9H12BrNO3S2. The van der Waals surface area contributed by atoms with Crippen LogP contribution in [0.1, 0.15) is 6.42 Å². The monoisotopic (exact) mass is 325 g/mol. The van der Waals surface area contributed by atoms with Gasteiger partial charge in [0, 0.05) is 13.7 Å². The van der Waals surface area contributed by atoms with E-state index in [2.05, 4.69) is 15.9 Å². The second-order valence-electron chi connectivity index (χ2n) is 3.60. The summed E-state index contributed by atoms with van der Waals surface area (Å²) in [5.41, 5.74) is 0. The summed E-state index contributed by atoms with van der Waals surface area (Å²) in [4.78, 5) is 0. The van der Waals surface area contributed by atoms with Gasteiger partial charge in [0.15, 0.2) is 0 Å². The average Bonchev–Trinajstić information content (AvgIpc) is 2.86. The van der Waals surface area contributed by atoms with Gasteiger partial charge >= 0.3 is 0 Å². The maximum atomic E-state index is 12.2. The number of thiophene rings is 1. The summed E-state index contributed by atoms with van der Waals surface area (Å²) in [6.45, 7) is 1.13. The van der Waals surface area contributed by atoms with Crippen molar-refractivity contribution in [2.24, 2.45) is 0 Å². The van der Waals surface area contributed by atoms with Gasteiger partial charge in [-0.1, -0.05) is 0 Å². The van der Waals surface area contributed by atoms with Crippen LogP contribution >= 0.6 is 27.3 Å². The predicted molar refractivity (Wildman–Crippen MR) is 66.2 cm³/mol. The van der Waals surface area contributed by atoms with E-state index in [1.54, 1.807) is 19.2 Å². The van der Waals surface area contributed by atoms with Crippen LogP contribution in [0.25, 0.3) is 0 Å². The molecule has 0 radical (unpaired) electrons. The number of ether oxygens (including phenoxy) is 1. The van der Waals surface area contributed by atoms with Crippen molar-refractivity contribution in [2.75, 3.05) is 20.3 Å². The van der Waals surface area contributed by atoms with Crippen LogP contribution in [-0.2, 0) is 14.8 Å². The number of hydrogen-bond donors (Lipinski definition) is 0. The van der Waals surface area contributed by atoms with Gasteiger partial charge in [-0.15, -0.1) is 11.3 Å². The predicted octanol–water partition coefficient (Wildman–Crippen LogP) is 1.92. The Kier molecular flexibility index (Phi) is 3.70. The number of halogens is 1. The Hall–Kier alpha value is 0.0500. The first kappa shape index (κ1) is 12.5. The van der Waals surface area contributed by atoms with Crippen molar-refractivity contribution in [1.82, 2.24) is 4.31 Å². The molecule has 16 heavy (non-hydrogen) atoms. The van der Waals surface area contributed by atoms with E-state index in [1.807, 2.05) is 0 Å². The topological polar surface area (TPSA) is 46.6 Å². The molecule has 90 valence electrons. The summed E-state index contributed by atoms with van der Waals surface area (Å²) in [7, 11) is -1.75. The van der Waals surface area contributed by atoms with Crippen LogP contribution in [0.2, 0.25) is 0 Å². The van der Waals surface area contributed by atoms with Crippen molar-refractivity contribution >= 4 is 37.3 Å². The van der Waals surface area contributed by atoms with Crippen LogP contribution in [0.15, 0.2) is 20.1 Å². The standard InChI is InChI=1S/C9H12BrNO3S2/c1-11(7-4-5-14-6-7)16(12,13)9-3-2-8(10)15-9/h2-3,7H,4-6H2,1H3. The zero-order chi connectivity index (χ0) is 11.8. The lowest BCUT2D eigenvalue weighted by molar-refractivity contribution is 0.181. The lowest BCUT2D eigenvalue weighted by Gasteiger charge is -2.21. The van der Waals surface area contributed by atoms with Gasteiger partial charge in [0.2, 0.25) is 0 Å². The molecule has 1 atom stereocenters. The Labute approximate surface area is 107 Å². The van der Waals surface area contributed by atoms with E-state index >= 15 is 0 Å². The van der Waals surface area contributed by atoms with E-state index < -0.39 is 10.0 Å². The third-order valence-corrected chi connectivity index (χ3v) is 6.60. The maximum absolute atomic E-state index is 12.2. The van der Waals surface area contributed by atoms with Crippen molar-refractivity contribution in [3.05, 3.63) is 15.9 Å². The fraction of sp³-hybridized carbons (Fsp3) is 0.556. The van der Waals surface area contributed by atoms with Crippen LogP contribution in [0, 0.1) is 0 Å². The summed E-state index contributed by atoms with van der Waals surface area (Å²) in [6.07, 6.45) is 0.766. The minimum Gasteiger partial charge on any atom is -0.380 e. The molecule has 0 aromatic carbocycles. The molecule has 0 saturated carbocycles. The van der Waals surface area contributed by atoms with E-state index in [0.717, 1.165) is 10.2 Å². The molecule has 0 amide bonds. The highest BCUT2D eigenvalue weighted by molar-refractivity contribution is 9.11. The third-order valence-electron chi connectivity index (χ3n) is 2.60. The van der Waals surface area contributed by atoms with Gasteiger partial charge in [0.25, 0.3) is 10.0 Å². The lowest BCUT2D eigenvalue weighted by Crippen LogP contribution is -2.36. The van der Waals surface area contributed by atoms with Crippen LogP contribution in [-0.4, -0.2) is 39.0 Å². The number of sulfonamides is 1. The third kappa shape index (κ3) is 2.33. The zero-order valence-corrected chi connectivity index (χ0v) is 11.9. The highest BCUT2D eigenvalue weighted by Gasteiger charge is 2.31. The Bertz CT molecular complexity index is 465. The molecule has 2 heterocycles. The minimum absolute atomic E-state index is 0.0362. The second-order valence-corrected chi connectivity index (χ2v) is 8.28. The lowest BCUT2D eigenvalue weighted by atomic mass is 10.3. The molecule has 0 aliphatic carbocycles. The Morgan fingerprint density at radius 2 is 2.31 bits per heavy atom. The van der Waals surface area contributed by atoms with Crippen molar-refractivity contribution in [3.63, 3.8) is 0 Å². The molecule has 4 nitrogen and oxygen atoms in total. The van der Waals surface area contributed by atoms with Crippen LogP contribution in [0.5, 0.6) is 0 Å². The SMILES string of the molecule is CN(C1CCOC1)S(=O)(=O)c1ccc(Br)s1. The summed E-state index contributed by atoms with van der Waals surface area (Å²) in [5, 5.41) is 0. The maximum Gasteiger partial charge on any atom is 0.252 e. The van der Waals surface area contributed by atoms with Gasteiger partial charge in [-0.2, -0.15) is 4.31 Å². The molecule has 2 rings (SSSR count). The molecule has 1 aliphatic heterocycles. The van der Waals surface area contributed by atoms with Gasteiger partial charge in [-0.25, -0.2) is 8.42 Å². The summed E-state index contributed by atoms with van der Waals surface area (Å²) in [6, 6.07) is 3.33. The molecule has 7 heteroatoms. The zero-order valence-electron chi connectivity index (χ0n) is 8.72. The first-order chi connectivity index (χ1) is 7.51. The largest absolute Gasteiger partial charge is 0.380 e. The Morgan fingerprint density at radius 3 is 2.81 bits per heavy atom. The number of hydrogen-bond acceptors (Lipinski definition) is 4. The van der Waals surface area contributed by atoms with Gasteiger partial charge < -0.3 is 4.74 Å². The van der Waals surface area contributed by atoms with E-state index in [1.165, 1.54) is 15.6 Å². The summed E-state index contributed by atoms with van der Waals surface area (Å²) in [5.74, 6) is 0. The molecule has 1 aromatic rings. The van der Waals surface area contributed by atoms with Gasteiger partial charge in [0.05, 0.1) is 16.4 Å². The van der Waals surface area contributed by atoms with E-state index in [-0.39, 0.29) is 6.04 Å². The van der Waals surface area contributed by atoms with E-state index in [0.29, 0.717) is 17.4 Å². The average molecular weight is 326 g/mol. The summed E-state index contributed by atoms with van der Waals surface area (Å²) >= 11 is 4.50. The molecule has 1 saturated heterocycles. The van der Waals surface area contributed by atoms with Crippen molar-refractivity contribution < 1.29 is 13.2 Å². The normalized spacial score (nSPS) is 21.8. The van der Waals surface area contributed by atoms with Crippen molar-refractivity contribution in [2.45, 2.75) is 16.7 Å². The molecule has 0 N–H and O–H groups in total. The highest BCUT2D eigenvalue weighted by atomic mass is 79.9. The van der Waals surface area contributed by atoms with E-state index in [4.69, 9.17) is 4.74 Å². The number of rotatable bonds is 3. The molecular weight excluding hydrogens is 314 g/mol. The quantitative estimate of drug-likeness (QED) is 0.853. The number of nitrogens with zero attached hydrogens (tertiary/aromatic N) is 1. The highest BCUT2D eigenvalue weighted by Crippen LogP contribution is 2.29. The van der Waals surface area contributed by atoms with Crippen molar-refractivity contribution in [1.29, 1.82) is 0 Å². The van der Waals surface area contributed by atoms with Crippen LogP contribution in [0.3, 0.4) is 0 Å². The number of likely N-dealkylation sites (N-methyl/N-ethyl adjacent to an activating group) is 1. The van der Waals surface area contributed by atoms with Crippen LogP contribution in [0.4, 0.5) is 0 Å². The van der Waals surface area contributed by atoms with Crippen molar-refractivity contribution in [3.8, 4) is 0 Å².